The Morgan fingerprint density at radius 1 is 1.40 bits per heavy atom. The number of hydrogen-bond acceptors (Lipinski definition) is 5. The number of carbonyl (C=O) groups excluding carboxylic acids is 3. The number of carbonyl (C=O) groups is 3. The van der Waals surface area contributed by atoms with Crippen LogP contribution in [0.15, 0.2) is 18.3 Å². The summed E-state index contributed by atoms with van der Waals surface area (Å²) in [6, 6.07) is 2.20. The Kier molecular flexibility index (Phi) is 6.18. The van der Waals surface area contributed by atoms with Crippen molar-refractivity contribution in [3.05, 3.63) is 23.9 Å². The highest BCUT2D eigenvalue weighted by molar-refractivity contribution is 6.09. The van der Waals surface area contributed by atoms with E-state index in [2.05, 4.69) is 20.4 Å². The van der Waals surface area contributed by atoms with Crippen LogP contribution in [0.5, 0.6) is 5.88 Å². The van der Waals surface area contributed by atoms with Gasteiger partial charge in [-0.05, 0) is 30.4 Å². The minimum absolute atomic E-state index is 0.0114. The third kappa shape index (κ3) is 4.82. The van der Waals surface area contributed by atoms with Crippen molar-refractivity contribution < 1.29 is 32.3 Å². The monoisotopic (exact) mass is 428 g/mol. The first-order chi connectivity index (χ1) is 14.1. The van der Waals surface area contributed by atoms with E-state index in [-0.39, 0.29) is 24.2 Å². The van der Waals surface area contributed by atoms with Gasteiger partial charge >= 0.3 is 12.2 Å². The minimum atomic E-state index is -4.48. The van der Waals surface area contributed by atoms with E-state index in [1.165, 1.54) is 18.3 Å². The van der Waals surface area contributed by atoms with Gasteiger partial charge in [-0.25, -0.2) is 9.78 Å². The van der Waals surface area contributed by atoms with E-state index in [1.807, 2.05) is 6.92 Å². The van der Waals surface area contributed by atoms with E-state index >= 15 is 0 Å². The van der Waals surface area contributed by atoms with Gasteiger partial charge in [0.15, 0.2) is 6.61 Å². The Labute approximate surface area is 171 Å². The number of pyridine rings is 1. The third-order valence-electron chi connectivity index (χ3n) is 5.48. The van der Waals surface area contributed by atoms with Crippen LogP contribution in [0.25, 0.3) is 0 Å². The molecule has 1 aromatic rings. The molecular weight excluding hydrogens is 405 g/mol. The number of rotatable bonds is 6. The lowest BCUT2D eigenvalue weighted by molar-refractivity contribution is -0.154. The summed E-state index contributed by atoms with van der Waals surface area (Å²) in [5, 5.41) is 5.32. The van der Waals surface area contributed by atoms with Gasteiger partial charge in [0.2, 0.25) is 11.8 Å². The predicted octanol–water partition coefficient (Wildman–Crippen LogP) is 2.14. The molecule has 1 aliphatic carbocycles. The number of urea groups is 1. The van der Waals surface area contributed by atoms with Crippen LogP contribution in [0.2, 0.25) is 0 Å². The Morgan fingerprint density at radius 2 is 2.17 bits per heavy atom. The van der Waals surface area contributed by atoms with E-state index in [9.17, 15) is 27.6 Å². The first-order valence-electron chi connectivity index (χ1n) is 9.66. The minimum Gasteiger partial charge on any atom is -0.468 e. The molecule has 164 valence electrons. The lowest BCUT2D eigenvalue weighted by Crippen LogP contribution is -2.54. The molecule has 2 fully saturated rings. The SMILES string of the molecule is CC1CCCCC12NC(=O)N(CC(=O)NCc1ccnc(OCC(F)(F)F)c1)C2=O. The quantitative estimate of drug-likeness (QED) is 0.677. The van der Waals surface area contributed by atoms with Gasteiger partial charge in [-0.2, -0.15) is 13.2 Å². The maximum atomic E-state index is 12.9. The summed E-state index contributed by atoms with van der Waals surface area (Å²) < 4.78 is 41.3. The lowest BCUT2D eigenvalue weighted by Gasteiger charge is -2.36. The molecule has 1 aliphatic heterocycles. The summed E-state index contributed by atoms with van der Waals surface area (Å²) in [6.45, 7) is 0.00153. The van der Waals surface area contributed by atoms with Crippen LogP contribution < -0.4 is 15.4 Å². The topological polar surface area (TPSA) is 101 Å². The van der Waals surface area contributed by atoms with Crippen LogP contribution in [-0.2, 0) is 16.1 Å². The van der Waals surface area contributed by atoms with Crippen molar-refractivity contribution in [1.29, 1.82) is 0 Å². The van der Waals surface area contributed by atoms with Crippen molar-refractivity contribution in [2.24, 2.45) is 5.92 Å². The number of imide groups is 1. The fourth-order valence-electron chi connectivity index (χ4n) is 3.83. The highest BCUT2D eigenvalue weighted by atomic mass is 19.4. The van der Waals surface area contributed by atoms with Crippen LogP contribution in [0, 0.1) is 5.92 Å². The zero-order chi connectivity index (χ0) is 21.9. The van der Waals surface area contributed by atoms with E-state index in [1.54, 1.807) is 0 Å². The molecule has 11 heteroatoms. The number of nitrogens with one attached hydrogen (secondary N) is 2. The van der Waals surface area contributed by atoms with Gasteiger partial charge in [0.05, 0.1) is 0 Å². The number of halogens is 3. The maximum absolute atomic E-state index is 12.9. The van der Waals surface area contributed by atoms with Gasteiger partial charge in [-0.15, -0.1) is 0 Å². The number of aromatic nitrogens is 1. The van der Waals surface area contributed by atoms with Crippen molar-refractivity contribution in [2.75, 3.05) is 13.2 Å². The standard InChI is InChI=1S/C19H23F3N4O4/c1-12-4-2-3-6-18(12)16(28)26(17(29)25-18)10-14(27)24-9-13-5-7-23-15(8-13)30-11-19(20,21)22/h5,7-8,12H,2-4,6,9-11H2,1H3,(H,24,27)(H,25,29). The van der Waals surface area contributed by atoms with Crippen LogP contribution in [0.1, 0.15) is 38.2 Å². The summed E-state index contributed by atoms with van der Waals surface area (Å²) in [5.74, 6) is -1.18. The average molecular weight is 428 g/mol. The number of alkyl halides is 3. The molecule has 1 aromatic heterocycles. The molecular formula is C19H23F3N4O4. The number of ether oxygens (including phenoxy) is 1. The fraction of sp³-hybridized carbons (Fsp3) is 0.579. The molecule has 2 unspecified atom stereocenters. The molecule has 2 heterocycles. The Bertz CT molecular complexity index is 832. The molecule has 4 amide bonds. The fourth-order valence-corrected chi connectivity index (χ4v) is 3.83. The number of nitrogens with zero attached hydrogens (tertiary/aromatic N) is 2. The second-order valence-electron chi connectivity index (χ2n) is 7.62. The molecule has 0 aromatic carbocycles. The summed E-state index contributed by atoms with van der Waals surface area (Å²) in [4.78, 5) is 42.0. The number of amides is 4. The van der Waals surface area contributed by atoms with E-state index in [0.29, 0.717) is 12.0 Å². The molecule has 1 saturated heterocycles. The van der Waals surface area contributed by atoms with E-state index in [4.69, 9.17) is 0 Å². The Hall–Kier alpha value is -2.85. The molecule has 0 radical (unpaired) electrons. The van der Waals surface area contributed by atoms with Gasteiger partial charge < -0.3 is 15.4 Å². The summed E-state index contributed by atoms with van der Waals surface area (Å²) in [6.07, 6.45) is -0.0213. The van der Waals surface area contributed by atoms with Crippen molar-refractivity contribution in [3.8, 4) is 5.88 Å². The second-order valence-corrected chi connectivity index (χ2v) is 7.62. The molecule has 2 aliphatic rings. The molecule has 2 atom stereocenters. The Morgan fingerprint density at radius 3 is 2.87 bits per heavy atom. The van der Waals surface area contributed by atoms with Crippen molar-refractivity contribution in [3.63, 3.8) is 0 Å². The molecule has 0 bridgehead atoms. The Balaban J connectivity index is 1.55. The van der Waals surface area contributed by atoms with Crippen molar-refractivity contribution in [2.45, 2.75) is 50.9 Å². The highest BCUT2D eigenvalue weighted by Crippen LogP contribution is 2.38. The zero-order valence-electron chi connectivity index (χ0n) is 16.4. The van der Waals surface area contributed by atoms with Crippen LogP contribution in [0.4, 0.5) is 18.0 Å². The summed E-state index contributed by atoms with van der Waals surface area (Å²) in [7, 11) is 0. The molecule has 3 rings (SSSR count). The molecule has 2 N–H and O–H groups in total. The summed E-state index contributed by atoms with van der Waals surface area (Å²) >= 11 is 0. The molecule has 1 spiro atoms. The molecule has 8 nitrogen and oxygen atoms in total. The largest absolute Gasteiger partial charge is 0.468 e. The van der Waals surface area contributed by atoms with Crippen molar-refractivity contribution in [1.82, 2.24) is 20.5 Å². The van der Waals surface area contributed by atoms with Gasteiger partial charge in [0.25, 0.3) is 5.91 Å². The predicted molar refractivity (Wildman–Crippen MR) is 98.2 cm³/mol. The zero-order valence-corrected chi connectivity index (χ0v) is 16.4. The van der Waals surface area contributed by atoms with Gasteiger partial charge in [-0.3, -0.25) is 14.5 Å². The first kappa shape index (κ1) is 21.8. The average Bonchev–Trinajstić information content (AvgIpc) is 2.92. The smallest absolute Gasteiger partial charge is 0.422 e. The van der Waals surface area contributed by atoms with Crippen molar-refractivity contribution >= 4 is 17.8 Å². The summed E-state index contributed by atoms with van der Waals surface area (Å²) in [5.41, 5.74) is -0.476. The number of hydrogen-bond donors (Lipinski definition) is 2. The first-order valence-corrected chi connectivity index (χ1v) is 9.66. The van der Waals surface area contributed by atoms with E-state index in [0.717, 1.165) is 24.2 Å². The van der Waals surface area contributed by atoms with Crippen LogP contribution in [0.3, 0.4) is 0 Å². The van der Waals surface area contributed by atoms with Gasteiger partial charge in [0.1, 0.15) is 12.1 Å². The van der Waals surface area contributed by atoms with E-state index < -0.39 is 36.8 Å². The second kappa shape index (κ2) is 8.49. The molecule has 1 saturated carbocycles. The van der Waals surface area contributed by atoms with Crippen LogP contribution >= 0.6 is 0 Å². The highest BCUT2D eigenvalue weighted by Gasteiger charge is 2.55. The molecule has 30 heavy (non-hydrogen) atoms. The third-order valence-corrected chi connectivity index (χ3v) is 5.48. The van der Waals surface area contributed by atoms with Crippen LogP contribution in [-0.4, -0.2) is 52.6 Å². The lowest BCUT2D eigenvalue weighted by atomic mass is 9.73. The maximum Gasteiger partial charge on any atom is 0.422 e. The van der Waals surface area contributed by atoms with Gasteiger partial charge in [0, 0.05) is 18.8 Å². The normalized spacial score (nSPS) is 24.1. The van der Waals surface area contributed by atoms with Gasteiger partial charge in [-0.1, -0.05) is 19.8 Å².